The van der Waals surface area contributed by atoms with Gasteiger partial charge in [-0.25, -0.2) is 0 Å². The van der Waals surface area contributed by atoms with Crippen molar-refractivity contribution in [2.24, 2.45) is 0 Å². The molecule has 1 heterocycles. The van der Waals surface area contributed by atoms with Crippen LogP contribution in [-0.2, 0) is 0 Å². The second-order valence-corrected chi connectivity index (χ2v) is 13.8. The highest BCUT2D eigenvalue weighted by Gasteiger charge is 2.18. The van der Waals surface area contributed by atoms with Crippen molar-refractivity contribution in [3.05, 3.63) is 218 Å². The molecule has 0 saturated carbocycles. The van der Waals surface area contributed by atoms with Gasteiger partial charge in [-0.05, 0) is 117 Å². The van der Waals surface area contributed by atoms with Crippen molar-refractivity contribution in [2.45, 2.75) is 0 Å². The largest absolute Gasteiger partial charge is 0.310 e. The van der Waals surface area contributed by atoms with Gasteiger partial charge in [-0.15, -0.1) is 0 Å². The normalized spacial score (nSPS) is 11.3. The van der Waals surface area contributed by atoms with Crippen LogP contribution in [0.25, 0.3) is 71.6 Å². The zero-order valence-electron chi connectivity index (χ0n) is 29.7. The first-order chi connectivity index (χ1) is 26.8. The smallest absolute Gasteiger partial charge is 0.0542 e. The van der Waals surface area contributed by atoms with E-state index in [-0.39, 0.29) is 0 Å². The Bertz CT molecular complexity index is 2890. The Balaban J connectivity index is 1.08. The Hall–Kier alpha value is -7.16. The fourth-order valence-electron chi connectivity index (χ4n) is 7.88. The highest BCUT2D eigenvalue weighted by Crippen LogP contribution is 2.41. The minimum atomic E-state index is 1.10. The summed E-state index contributed by atoms with van der Waals surface area (Å²) in [4.78, 5) is 2.37. The van der Waals surface area contributed by atoms with Gasteiger partial charge in [0.15, 0.2) is 0 Å². The third-order valence-electron chi connectivity index (χ3n) is 10.6. The van der Waals surface area contributed by atoms with Gasteiger partial charge in [0.05, 0.1) is 11.0 Å². The number of rotatable bonds is 7. The molecule has 2 heteroatoms. The molecule has 0 aliphatic heterocycles. The van der Waals surface area contributed by atoms with Crippen LogP contribution >= 0.6 is 0 Å². The van der Waals surface area contributed by atoms with Gasteiger partial charge in [0.25, 0.3) is 0 Å². The van der Waals surface area contributed by atoms with Gasteiger partial charge in [-0.2, -0.15) is 0 Å². The molecule has 1 aromatic heterocycles. The monoisotopic (exact) mass is 688 g/mol. The first-order valence-electron chi connectivity index (χ1n) is 18.5. The highest BCUT2D eigenvalue weighted by molar-refractivity contribution is 6.10. The van der Waals surface area contributed by atoms with Gasteiger partial charge >= 0.3 is 0 Å². The fourth-order valence-corrected chi connectivity index (χ4v) is 7.88. The molecule has 2 nitrogen and oxygen atoms in total. The lowest BCUT2D eigenvalue weighted by molar-refractivity contribution is 1.18. The van der Waals surface area contributed by atoms with E-state index >= 15 is 0 Å². The summed E-state index contributed by atoms with van der Waals surface area (Å²) in [5, 5.41) is 4.94. The summed E-state index contributed by atoms with van der Waals surface area (Å²) in [6.45, 7) is 0. The molecule has 0 spiro atoms. The molecule has 0 atom stereocenters. The van der Waals surface area contributed by atoms with Crippen molar-refractivity contribution in [1.29, 1.82) is 0 Å². The van der Waals surface area contributed by atoms with Gasteiger partial charge in [0.2, 0.25) is 0 Å². The average Bonchev–Trinajstić information content (AvgIpc) is 3.58. The van der Waals surface area contributed by atoms with Crippen LogP contribution in [0.15, 0.2) is 218 Å². The van der Waals surface area contributed by atoms with Crippen molar-refractivity contribution in [1.82, 2.24) is 4.57 Å². The van der Waals surface area contributed by atoms with Crippen LogP contribution in [0.1, 0.15) is 0 Å². The predicted molar refractivity (Wildman–Crippen MR) is 229 cm³/mol. The zero-order valence-corrected chi connectivity index (χ0v) is 29.7. The van der Waals surface area contributed by atoms with E-state index in [9.17, 15) is 0 Å². The number of anilines is 3. The molecule has 0 saturated heterocycles. The molecule has 0 aliphatic rings. The van der Waals surface area contributed by atoms with Crippen LogP contribution in [0.2, 0.25) is 0 Å². The SMILES string of the molecule is c1ccc(-c2ccc(N(c3ccc(-c4ccc5ccc(-c6ccccc6)cc5c4)cc3)c3ccc4c(c3)c3ccccc3n4-c3ccccc3)cc2)cc1. The summed E-state index contributed by atoms with van der Waals surface area (Å²) < 4.78 is 2.37. The molecule has 0 N–H and O–H groups in total. The number of hydrogen-bond acceptors (Lipinski definition) is 1. The molecule has 9 aromatic carbocycles. The number of benzene rings is 9. The van der Waals surface area contributed by atoms with E-state index in [4.69, 9.17) is 0 Å². The summed E-state index contributed by atoms with van der Waals surface area (Å²) in [6.07, 6.45) is 0. The molecule has 0 bridgehead atoms. The molecular weight excluding hydrogens is 653 g/mol. The summed E-state index contributed by atoms with van der Waals surface area (Å²) >= 11 is 0. The lowest BCUT2D eigenvalue weighted by atomic mass is 9.97. The fraction of sp³-hybridized carbons (Fsp3) is 0. The Morgan fingerprint density at radius 2 is 0.722 bits per heavy atom. The quantitative estimate of drug-likeness (QED) is 0.162. The molecule has 10 aromatic rings. The van der Waals surface area contributed by atoms with Gasteiger partial charge in [0, 0.05) is 33.5 Å². The van der Waals surface area contributed by atoms with Crippen LogP contribution in [0.3, 0.4) is 0 Å². The Morgan fingerprint density at radius 3 is 1.33 bits per heavy atom. The lowest BCUT2D eigenvalue weighted by Crippen LogP contribution is -2.10. The average molecular weight is 689 g/mol. The minimum absolute atomic E-state index is 1.10. The molecular formula is C52H36N2. The number of para-hydroxylation sites is 2. The first kappa shape index (κ1) is 31.6. The highest BCUT2D eigenvalue weighted by atomic mass is 15.1. The Labute approximate surface area is 315 Å². The second kappa shape index (κ2) is 13.4. The third-order valence-corrected chi connectivity index (χ3v) is 10.6. The maximum atomic E-state index is 2.37. The van der Waals surface area contributed by atoms with E-state index in [2.05, 4.69) is 228 Å². The van der Waals surface area contributed by atoms with Gasteiger partial charge in [-0.3, -0.25) is 0 Å². The third kappa shape index (κ3) is 5.71. The Morgan fingerprint density at radius 1 is 0.278 bits per heavy atom. The number of aromatic nitrogens is 1. The van der Waals surface area contributed by atoms with Gasteiger partial charge in [-0.1, -0.05) is 146 Å². The molecule has 0 aliphatic carbocycles. The van der Waals surface area contributed by atoms with Crippen molar-refractivity contribution in [3.63, 3.8) is 0 Å². The number of hydrogen-bond donors (Lipinski definition) is 0. The van der Waals surface area contributed by atoms with E-state index in [1.54, 1.807) is 0 Å². The van der Waals surface area contributed by atoms with Gasteiger partial charge < -0.3 is 9.47 Å². The van der Waals surface area contributed by atoms with Crippen LogP contribution in [0.5, 0.6) is 0 Å². The molecule has 10 rings (SSSR count). The van der Waals surface area contributed by atoms with Crippen molar-refractivity contribution < 1.29 is 0 Å². The van der Waals surface area contributed by atoms with Crippen LogP contribution < -0.4 is 4.90 Å². The standard InChI is InChI=1S/C52H36N2/c1-4-12-37(13-5-1)39-24-28-46(29-25-39)53(48-32-33-52-50(36-48)49-18-10-11-19-51(49)54(52)45-16-8-3-9-17-45)47-30-26-40(27-31-47)43-23-21-41-20-22-42(34-44(41)35-43)38-14-6-2-7-15-38/h1-36H. The summed E-state index contributed by atoms with van der Waals surface area (Å²) in [7, 11) is 0. The maximum Gasteiger partial charge on any atom is 0.0542 e. The van der Waals surface area contributed by atoms with E-state index in [1.807, 2.05) is 0 Å². The van der Waals surface area contributed by atoms with Crippen molar-refractivity contribution in [2.75, 3.05) is 4.90 Å². The molecule has 0 amide bonds. The first-order valence-corrected chi connectivity index (χ1v) is 18.5. The summed E-state index contributed by atoms with van der Waals surface area (Å²) in [5.41, 5.74) is 14.1. The van der Waals surface area contributed by atoms with Crippen LogP contribution in [0, 0.1) is 0 Å². The number of nitrogens with zero attached hydrogens (tertiary/aromatic N) is 2. The predicted octanol–water partition coefficient (Wildman–Crippen LogP) is 14.4. The topological polar surface area (TPSA) is 8.17 Å². The summed E-state index contributed by atoms with van der Waals surface area (Å²) in [5.74, 6) is 0. The molecule has 0 radical (unpaired) electrons. The zero-order chi connectivity index (χ0) is 35.8. The van der Waals surface area contributed by atoms with E-state index in [1.165, 1.54) is 66.0 Å². The van der Waals surface area contributed by atoms with E-state index < -0.39 is 0 Å². The minimum Gasteiger partial charge on any atom is -0.310 e. The molecule has 0 unspecified atom stereocenters. The van der Waals surface area contributed by atoms with Crippen LogP contribution in [-0.4, -0.2) is 4.57 Å². The summed E-state index contributed by atoms with van der Waals surface area (Å²) in [6, 6.07) is 78.9. The van der Waals surface area contributed by atoms with Crippen molar-refractivity contribution in [3.8, 4) is 39.1 Å². The lowest BCUT2D eigenvalue weighted by Gasteiger charge is -2.26. The maximum absolute atomic E-state index is 2.37. The van der Waals surface area contributed by atoms with Gasteiger partial charge in [0.1, 0.15) is 0 Å². The second-order valence-electron chi connectivity index (χ2n) is 13.8. The molecule has 254 valence electrons. The van der Waals surface area contributed by atoms with Crippen LogP contribution in [0.4, 0.5) is 17.1 Å². The van der Waals surface area contributed by atoms with E-state index in [0.29, 0.717) is 0 Å². The van der Waals surface area contributed by atoms with E-state index in [0.717, 1.165) is 22.7 Å². The van der Waals surface area contributed by atoms with Crippen molar-refractivity contribution >= 4 is 49.6 Å². The number of fused-ring (bicyclic) bond motifs is 4. The molecule has 54 heavy (non-hydrogen) atoms. The Kier molecular flexibility index (Phi) is 7.85. The molecule has 0 fully saturated rings.